The SMILES string of the molecule is CCn1cc(CNC(=O)CCn2nc([N+](=O)[O-])cc2C)c(C)n1. The van der Waals surface area contributed by atoms with Crippen molar-refractivity contribution in [2.45, 2.75) is 46.8 Å². The van der Waals surface area contributed by atoms with Gasteiger partial charge in [0.25, 0.3) is 0 Å². The third kappa shape index (κ3) is 4.15. The highest BCUT2D eigenvalue weighted by Gasteiger charge is 2.16. The summed E-state index contributed by atoms with van der Waals surface area (Å²) < 4.78 is 3.29. The number of rotatable bonds is 7. The highest BCUT2D eigenvalue weighted by Crippen LogP contribution is 2.11. The van der Waals surface area contributed by atoms with Gasteiger partial charge in [-0.1, -0.05) is 0 Å². The number of hydrogen-bond donors (Lipinski definition) is 1. The van der Waals surface area contributed by atoms with Gasteiger partial charge in [0.05, 0.1) is 29.1 Å². The summed E-state index contributed by atoms with van der Waals surface area (Å²) in [4.78, 5) is 22.0. The number of aryl methyl sites for hydroxylation is 4. The maximum Gasteiger partial charge on any atom is 0.390 e. The van der Waals surface area contributed by atoms with E-state index in [1.807, 2.05) is 24.7 Å². The van der Waals surface area contributed by atoms with E-state index >= 15 is 0 Å². The molecule has 2 heterocycles. The van der Waals surface area contributed by atoms with E-state index in [0.717, 1.165) is 17.8 Å². The largest absolute Gasteiger partial charge is 0.390 e. The van der Waals surface area contributed by atoms with Gasteiger partial charge in [0.1, 0.15) is 0 Å². The zero-order valence-electron chi connectivity index (χ0n) is 13.4. The van der Waals surface area contributed by atoms with E-state index in [4.69, 9.17) is 0 Å². The van der Waals surface area contributed by atoms with Crippen LogP contribution in [0.2, 0.25) is 0 Å². The minimum atomic E-state index is -0.544. The van der Waals surface area contributed by atoms with Crippen LogP contribution in [0.25, 0.3) is 0 Å². The molecule has 23 heavy (non-hydrogen) atoms. The second-order valence-electron chi connectivity index (χ2n) is 5.25. The minimum absolute atomic E-state index is 0.133. The van der Waals surface area contributed by atoms with Crippen molar-refractivity contribution in [2.75, 3.05) is 0 Å². The summed E-state index contributed by atoms with van der Waals surface area (Å²) in [5, 5.41) is 21.7. The van der Waals surface area contributed by atoms with Crippen LogP contribution >= 0.6 is 0 Å². The van der Waals surface area contributed by atoms with Gasteiger partial charge in [-0.3, -0.25) is 9.48 Å². The Morgan fingerprint density at radius 3 is 2.70 bits per heavy atom. The number of amides is 1. The lowest BCUT2D eigenvalue weighted by Crippen LogP contribution is -2.24. The van der Waals surface area contributed by atoms with E-state index in [1.54, 1.807) is 6.92 Å². The van der Waals surface area contributed by atoms with Gasteiger partial charge in [-0.2, -0.15) is 9.78 Å². The molecule has 0 atom stereocenters. The van der Waals surface area contributed by atoms with Crippen LogP contribution in [0.5, 0.6) is 0 Å². The average Bonchev–Trinajstić information content (AvgIpc) is 3.06. The van der Waals surface area contributed by atoms with Gasteiger partial charge in [0, 0.05) is 31.3 Å². The molecule has 2 aromatic rings. The molecule has 9 nitrogen and oxygen atoms in total. The highest BCUT2D eigenvalue weighted by atomic mass is 16.6. The average molecular weight is 320 g/mol. The molecule has 0 aliphatic heterocycles. The third-order valence-corrected chi connectivity index (χ3v) is 3.55. The van der Waals surface area contributed by atoms with E-state index in [9.17, 15) is 14.9 Å². The van der Waals surface area contributed by atoms with Gasteiger partial charge in [0.2, 0.25) is 5.91 Å². The van der Waals surface area contributed by atoms with Gasteiger partial charge < -0.3 is 15.4 Å². The smallest absolute Gasteiger partial charge is 0.358 e. The molecule has 0 aliphatic rings. The van der Waals surface area contributed by atoms with E-state index in [-0.39, 0.29) is 18.1 Å². The lowest BCUT2D eigenvalue weighted by molar-refractivity contribution is -0.389. The van der Waals surface area contributed by atoms with Crippen LogP contribution in [-0.4, -0.2) is 30.4 Å². The number of carbonyl (C=O) groups is 1. The predicted molar refractivity (Wildman–Crippen MR) is 82.7 cm³/mol. The summed E-state index contributed by atoms with van der Waals surface area (Å²) in [7, 11) is 0. The van der Waals surface area contributed by atoms with Crippen molar-refractivity contribution in [2.24, 2.45) is 0 Å². The molecular weight excluding hydrogens is 300 g/mol. The predicted octanol–water partition coefficient (Wildman–Crippen LogP) is 1.33. The van der Waals surface area contributed by atoms with Gasteiger partial charge in [-0.15, -0.1) is 0 Å². The Bertz CT molecular complexity index is 718. The van der Waals surface area contributed by atoms with E-state index in [2.05, 4.69) is 15.5 Å². The van der Waals surface area contributed by atoms with Crippen molar-refractivity contribution >= 4 is 11.7 Å². The molecular formula is C14H20N6O3. The molecule has 9 heteroatoms. The molecule has 0 saturated carbocycles. The Labute approximate surface area is 133 Å². The fourth-order valence-corrected chi connectivity index (χ4v) is 2.19. The standard InChI is InChI=1S/C14H20N6O3/c1-4-18-9-12(11(3)16-18)8-15-14(21)5-6-19-10(2)7-13(17-19)20(22)23/h7,9H,4-6,8H2,1-3H3,(H,15,21). The molecule has 1 N–H and O–H groups in total. The minimum Gasteiger partial charge on any atom is -0.358 e. The summed E-state index contributed by atoms with van der Waals surface area (Å²) in [6, 6.07) is 1.39. The zero-order chi connectivity index (χ0) is 17.0. The van der Waals surface area contributed by atoms with Gasteiger partial charge >= 0.3 is 5.82 Å². The Kier molecular flexibility index (Phi) is 5.09. The van der Waals surface area contributed by atoms with Crippen LogP contribution < -0.4 is 5.32 Å². The van der Waals surface area contributed by atoms with Crippen molar-refractivity contribution in [3.05, 3.63) is 39.3 Å². The number of nitrogens with one attached hydrogen (secondary N) is 1. The molecule has 0 aliphatic carbocycles. The van der Waals surface area contributed by atoms with Gasteiger partial charge in [-0.25, -0.2) is 0 Å². The number of carbonyl (C=O) groups excluding carboxylic acids is 1. The van der Waals surface area contributed by atoms with Gasteiger partial charge in [0.15, 0.2) is 0 Å². The first-order valence-corrected chi connectivity index (χ1v) is 7.39. The summed E-state index contributed by atoms with van der Waals surface area (Å²) in [6.07, 6.45) is 2.12. The Morgan fingerprint density at radius 1 is 1.39 bits per heavy atom. The molecule has 0 saturated heterocycles. The Hall–Kier alpha value is -2.71. The molecule has 1 amide bonds. The number of aromatic nitrogens is 4. The van der Waals surface area contributed by atoms with Crippen molar-refractivity contribution in [1.29, 1.82) is 0 Å². The van der Waals surface area contributed by atoms with Crippen LogP contribution in [-0.2, 0) is 24.4 Å². The normalized spacial score (nSPS) is 10.7. The quantitative estimate of drug-likeness (QED) is 0.611. The molecule has 0 bridgehead atoms. The first kappa shape index (κ1) is 16.7. The Morgan fingerprint density at radius 2 is 2.13 bits per heavy atom. The summed E-state index contributed by atoms with van der Waals surface area (Å²) in [5.41, 5.74) is 2.53. The number of hydrogen-bond acceptors (Lipinski definition) is 5. The van der Waals surface area contributed by atoms with E-state index in [0.29, 0.717) is 18.8 Å². The molecule has 124 valence electrons. The molecule has 0 spiro atoms. The highest BCUT2D eigenvalue weighted by molar-refractivity contribution is 5.75. The lowest BCUT2D eigenvalue weighted by Gasteiger charge is -2.04. The van der Waals surface area contributed by atoms with Crippen LogP contribution in [0.3, 0.4) is 0 Å². The second-order valence-corrected chi connectivity index (χ2v) is 5.25. The number of nitrogens with zero attached hydrogens (tertiary/aromatic N) is 5. The summed E-state index contributed by atoms with van der Waals surface area (Å²) in [6.45, 7) is 7.13. The fraction of sp³-hybridized carbons (Fsp3) is 0.500. The second kappa shape index (κ2) is 7.03. The maximum atomic E-state index is 11.9. The monoisotopic (exact) mass is 320 g/mol. The summed E-state index contributed by atoms with van der Waals surface area (Å²) >= 11 is 0. The van der Waals surface area contributed by atoms with Crippen molar-refractivity contribution in [3.63, 3.8) is 0 Å². The van der Waals surface area contributed by atoms with Gasteiger partial charge in [-0.05, 0) is 25.7 Å². The molecule has 2 rings (SSSR count). The van der Waals surface area contributed by atoms with Crippen LogP contribution in [0, 0.1) is 24.0 Å². The topological polar surface area (TPSA) is 108 Å². The van der Waals surface area contributed by atoms with Crippen molar-refractivity contribution in [3.8, 4) is 0 Å². The van der Waals surface area contributed by atoms with Crippen molar-refractivity contribution < 1.29 is 9.72 Å². The number of nitro groups is 1. The van der Waals surface area contributed by atoms with E-state index < -0.39 is 4.92 Å². The summed E-state index contributed by atoms with van der Waals surface area (Å²) in [5.74, 6) is -0.336. The Balaban J connectivity index is 1.85. The fourth-order valence-electron chi connectivity index (χ4n) is 2.19. The maximum absolute atomic E-state index is 11.9. The van der Waals surface area contributed by atoms with Crippen LogP contribution in [0.1, 0.15) is 30.3 Å². The first-order chi connectivity index (χ1) is 10.9. The molecule has 0 aromatic carbocycles. The van der Waals surface area contributed by atoms with E-state index in [1.165, 1.54) is 10.7 Å². The molecule has 0 fully saturated rings. The molecule has 0 radical (unpaired) electrons. The van der Waals surface area contributed by atoms with Crippen LogP contribution in [0.4, 0.5) is 5.82 Å². The molecule has 0 unspecified atom stereocenters. The first-order valence-electron chi connectivity index (χ1n) is 7.39. The zero-order valence-corrected chi connectivity index (χ0v) is 13.4. The third-order valence-electron chi connectivity index (χ3n) is 3.55. The molecule has 2 aromatic heterocycles. The lowest BCUT2D eigenvalue weighted by atomic mass is 10.2. The van der Waals surface area contributed by atoms with Crippen molar-refractivity contribution in [1.82, 2.24) is 24.9 Å². The van der Waals surface area contributed by atoms with Crippen LogP contribution in [0.15, 0.2) is 12.3 Å².